The molecule has 0 unspecified atom stereocenters. The fraction of sp³-hybridized carbons (Fsp3) is 0.152. The van der Waals surface area contributed by atoms with E-state index >= 15 is 0 Å². The van der Waals surface area contributed by atoms with Crippen molar-refractivity contribution in [1.29, 1.82) is 5.26 Å². The zero-order valence-electron chi connectivity index (χ0n) is 21.7. The van der Waals surface area contributed by atoms with Crippen molar-refractivity contribution in [2.45, 2.75) is 27.2 Å². The van der Waals surface area contributed by atoms with Crippen molar-refractivity contribution in [2.24, 2.45) is 5.41 Å². The highest BCUT2D eigenvalue weighted by Gasteiger charge is 2.25. The lowest BCUT2D eigenvalue weighted by Gasteiger charge is -2.25. The molecule has 4 nitrogen and oxygen atoms in total. The lowest BCUT2D eigenvalue weighted by atomic mass is 9.86. The Morgan fingerprint density at radius 1 is 0.816 bits per heavy atom. The highest BCUT2D eigenvalue weighted by molar-refractivity contribution is 6.30. The maximum absolute atomic E-state index is 13.3. The molecule has 1 N–H and O–H groups in total. The third-order valence-electron chi connectivity index (χ3n) is 5.97. The predicted octanol–water partition coefficient (Wildman–Crippen LogP) is 8.43. The van der Waals surface area contributed by atoms with Gasteiger partial charge in [-0.2, -0.15) is 5.26 Å². The average molecular weight is 521 g/mol. The summed E-state index contributed by atoms with van der Waals surface area (Å²) in [4.78, 5) is 13.3. The highest BCUT2D eigenvalue weighted by atomic mass is 35.5. The fourth-order valence-electron chi connectivity index (χ4n) is 4.06. The summed E-state index contributed by atoms with van der Waals surface area (Å²) in [5.41, 5.74) is 4.05. The van der Waals surface area contributed by atoms with Crippen LogP contribution in [0.25, 0.3) is 5.57 Å². The Hall–Kier alpha value is -4.33. The fourth-order valence-corrected chi connectivity index (χ4v) is 4.24. The van der Waals surface area contributed by atoms with Crippen LogP contribution < -0.4 is 10.1 Å². The summed E-state index contributed by atoms with van der Waals surface area (Å²) in [7, 11) is 0. The first-order chi connectivity index (χ1) is 18.2. The van der Waals surface area contributed by atoms with E-state index in [1.54, 1.807) is 48.5 Å². The van der Waals surface area contributed by atoms with Crippen LogP contribution in [0.15, 0.2) is 109 Å². The van der Waals surface area contributed by atoms with E-state index in [4.69, 9.17) is 16.3 Å². The Kier molecular flexibility index (Phi) is 8.31. The van der Waals surface area contributed by atoms with E-state index < -0.39 is 5.41 Å². The van der Waals surface area contributed by atoms with E-state index in [1.165, 1.54) is 5.56 Å². The zero-order chi connectivity index (χ0) is 27.1. The molecule has 4 aromatic rings. The van der Waals surface area contributed by atoms with Crippen molar-refractivity contribution in [1.82, 2.24) is 5.32 Å². The van der Waals surface area contributed by atoms with Crippen molar-refractivity contribution >= 4 is 23.1 Å². The van der Waals surface area contributed by atoms with Crippen LogP contribution >= 0.6 is 11.6 Å². The minimum Gasteiger partial charge on any atom is -0.457 e. The Morgan fingerprint density at radius 3 is 2.08 bits per heavy atom. The first-order valence-electron chi connectivity index (χ1n) is 12.4. The molecule has 0 bridgehead atoms. The lowest BCUT2D eigenvalue weighted by molar-refractivity contribution is 0.0957. The second-order valence-electron chi connectivity index (χ2n) is 10.0. The van der Waals surface area contributed by atoms with E-state index in [9.17, 15) is 10.1 Å². The first-order valence-corrected chi connectivity index (χ1v) is 12.7. The summed E-state index contributed by atoms with van der Waals surface area (Å²) in [5.74, 6) is 0.767. The van der Waals surface area contributed by atoms with Crippen molar-refractivity contribution in [3.8, 4) is 17.6 Å². The van der Waals surface area contributed by atoms with Crippen molar-refractivity contribution in [3.63, 3.8) is 0 Å². The number of nitrogens with one attached hydrogen (secondary N) is 1. The number of hydrogen-bond acceptors (Lipinski definition) is 3. The molecule has 0 aliphatic heterocycles. The van der Waals surface area contributed by atoms with Gasteiger partial charge >= 0.3 is 0 Å². The number of carbonyl (C=O) groups is 1. The number of hydrogen-bond donors (Lipinski definition) is 1. The molecule has 0 fully saturated rings. The summed E-state index contributed by atoms with van der Waals surface area (Å²) in [6, 6.07) is 34.5. The Labute approximate surface area is 229 Å². The number of nitriles is 1. The molecule has 4 rings (SSSR count). The quantitative estimate of drug-likeness (QED) is 0.249. The number of benzene rings is 4. The summed E-state index contributed by atoms with van der Waals surface area (Å²) in [6.07, 6.45) is 0.809. The van der Waals surface area contributed by atoms with Gasteiger partial charge in [0.1, 0.15) is 17.6 Å². The van der Waals surface area contributed by atoms with Crippen LogP contribution in [0.4, 0.5) is 0 Å². The second-order valence-corrected chi connectivity index (χ2v) is 10.4. The third-order valence-corrected chi connectivity index (χ3v) is 6.21. The SMILES string of the molecule is CC(C)(C)C(NC(=O)c1cccc(Oc2cccc(Cl)c2)c1)=C(C#N)c1ccc(Cc2ccccc2)cc1. The maximum atomic E-state index is 13.3. The van der Waals surface area contributed by atoms with Gasteiger partial charge in [-0.05, 0) is 59.5 Å². The summed E-state index contributed by atoms with van der Waals surface area (Å²) < 4.78 is 5.89. The van der Waals surface area contributed by atoms with Gasteiger partial charge in [0.05, 0.1) is 5.57 Å². The van der Waals surface area contributed by atoms with Gasteiger partial charge < -0.3 is 10.1 Å². The molecular formula is C33H29ClN2O2. The summed E-state index contributed by atoms with van der Waals surface area (Å²) in [6.45, 7) is 5.92. The average Bonchev–Trinajstić information content (AvgIpc) is 2.89. The number of amides is 1. The van der Waals surface area contributed by atoms with E-state index in [2.05, 4.69) is 23.5 Å². The molecule has 38 heavy (non-hydrogen) atoms. The van der Waals surface area contributed by atoms with Gasteiger partial charge in [-0.25, -0.2) is 0 Å². The largest absolute Gasteiger partial charge is 0.457 e. The number of rotatable bonds is 7. The predicted molar refractivity (Wildman–Crippen MR) is 153 cm³/mol. The van der Waals surface area contributed by atoms with Gasteiger partial charge in [-0.15, -0.1) is 0 Å². The van der Waals surface area contributed by atoms with Gasteiger partial charge in [0.25, 0.3) is 5.91 Å². The molecule has 4 aromatic carbocycles. The number of nitrogens with zero attached hydrogens (tertiary/aromatic N) is 1. The van der Waals surface area contributed by atoms with Gasteiger partial charge in [-0.1, -0.05) is 99.1 Å². The maximum Gasteiger partial charge on any atom is 0.255 e. The molecule has 0 heterocycles. The van der Waals surface area contributed by atoms with Crippen LogP contribution in [0, 0.1) is 16.7 Å². The minimum atomic E-state index is -0.488. The van der Waals surface area contributed by atoms with Crippen LogP contribution in [0.3, 0.4) is 0 Å². The molecule has 0 saturated heterocycles. The molecule has 5 heteroatoms. The second kappa shape index (κ2) is 11.8. The summed E-state index contributed by atoms with van der Waals surface area (Å²) in [5, 5.41) is 13.7. The van der Waals surface area contributed by atoms with Crippen LogP contribution in [-0.4, -0.2) is 5.91 Å². The van der Waals surface area contributed by atoms with Crippen LogP contribution in [0.1, 0.15) is 47.8 Å². The first kappa shape index (κ1) is 26.7. The number of allylic oxidation sites excluding steroid dienone is 2. The molecule has 0 aliphatic rings. The molecular weight excluding hydrogens is 492 g/mol. The van der Waals surface area contributed by atoms with E-state index in [1.807, 2.05) is 63.2 Å². The molecule has 0 aliphatic carbocycles. The van der Waals surface area contributed by atoms with E-state index in [0.29, 0.717) is 33.4 Å². The molecule has 0 saturated carbocycles. The molecule has 0 spiro atoms. The highest BCUT2D eigenvalue weighted by Crippen LogP contribution is 2.32. The zero-order valence-corrected chi connectivity index (χ0v) is 22.4. The molecule has 0 radical (unpaired) electrons. The van der Waals surface area contributed by atoms with Crippen molar-refractivity contribution < 1.29 is 9.53 Å². The van der Waals surface area contributed by atoms with Gasteiger partial charge in [-0.3, -0.25) is 4.79 Å². The standard InChI is InChI=1S/C33H29ClN2O2/c1-33(2,3)31(30(22-35)25-17-15-24(16-18-25)19-23-9-5-4-6-10-23)36-32(37)26-11-7-13-28(20-26)38-29-14-8-12-27(34)21-29/h4-18,20-21H,19H2,1-3H3,(H,36,37). The number of ether oxygens (including phenoxy) is 1. The molecule has 0 aromatic heterocycles. The van der Waals surface area contributed by atoms with Crippen LogP contribution in [0.5, 0.6) is 11.5 Å². The number of carbonyl (C=O) groups excluding carboxylic acids is 1. The summed E-state index contributed by atoms with van der Waals surface area (Å²) >= 11 is 6.06. The van der Waals surface area contributed by atoms with E-state index in [0.717, 1.165) is 17.5 Å². The normalized spacial score (nSPS) is 11.8. The minimum absolute atomic E-state index is 0.320. The van der Waals surface area contributed by atoms with Crippen molar-refractivity contribution in [3.05, 3.63) is 136 Å². The third kappa shape index (κ3) is 6.91. The van der Waals surface area contributed by atoms with Gasteiger partial charge in [0.2, 0.25) is 0 Å². The Bertz CT molecular complexity index is 1490. The molecule has 190 valence electrons. The van der Waals surface area contributed by atoms with Gasteiger partial charge in [0.15, 0.2) is 0 Å². The monoisotopic (exact) mass is 520 g/mol. The van der Waals surface area contributed by atoms with Crippen LogP contribution in [-0.2, 0) is 6.42 Å². The van der Waals surface area contributed by atoms with Crippen LogP contribution in [0.2, 0.25) is 5.02 Å². The Morgan fingerprint density at radius 2 is 1.45 bits per heavy atom. The Balaban J connectivity index is 1.59. The molecule has 0 atom stereocenters. The molecule has 1 amide bonds. The van der Waals surface area contributed by atoms with Crippen molar-refractivity contribution in [2.75, 3.05) is 0 Å². The van der Waals surface area contributed by atoms with E-state index in [-0.39, 0.29) is 5.91 Å². The lowest BCUT2D eigenvalue weighted by Crippen LogP contribution is -2.31. The van der Waals surface area contributed by atoms with Gasteiger partial charge in [0, 0.05) is 21.7 Å². The topological polar surface area (TPSA) is 62.1 Å². The smallest absolute Gasteiger partial charge is 0.255 e. The number of halogens is 1.